The largest absolute Gasteiger partial charge is 0.462 e. The molecule has 3 rings (SSSR count). The van der Waals surface area contributed by atoms with Gasteiger partial charge in [0.15, 0.2) is 10.8 Å². The van der Waals surface area contributed by atoms with Crippen molar-refractivity contribution in [3.63, 3.8) is 0 Å². The Morgan fingerprint density at radius 2 is 2.05 bits per heavy atom. The molecule has 0 aliphatic rings. The number of benzene rings is 1. The zero-order valence-corrected chi connectivity index (χ0v) is 13.0. The zero-order valence-electron chi connectivity index (χ0n) is 10.0. The van der Waals surface area contributed by atoms with E-state index in [2.05, 4.69) is 38.1 Å². The second kappa shape index (κ2) is 5.71. The predicted molar refractivity (Wildman–Crippen MR) is 84.7 cm³/mol. The lowest BCUT2D eigenvalue weighted by atomic mass is 10.2. The van der Waals surface area contributed by atoms with Gasteiger partial charge in [-0.2, -0.15) is 0 Å². The van der Waals surface area contributed by atoms with Crippen LogP contribution in [0.3, 0.4) is 0 Å². The Bertz CT molecular complexity index is 740. The molecule has 1 N–H and O–H groups in total. The summed E-state index contributed by atoms with van der Waals surface area (Å²) in [5.41, 5.74) is 0.614. The summed E-state index contributed by atoms with van der Waals surface area (Å²) in [4.78, 5) is 12.1. The molecule has 0 atom stereocenters. The van der Waals surface area contributed by atoms with Gasteiger partial charge in [0, 0.05) is 3.57 Å². The SMILES string of the molecule is O=C(Nc1nnc(-c2ccco2)s1)c1ccccc1I. The zero-order chi connectivity index (χ0) is 13.9. The average molecular weight is 397 g/mol. The van der Waals surface area contributed by atoms with Crippen molar-refractivity contribution in [2.24, 2.45) is 0 Å². The van der Waals surface area contributed by atoms with Crippen LogP contribution in [0.15, 0.2) is 47.1 Å². The molecule has 1 amide bonds. The van der Waals surface area contributed by atoms with Crippen LogP contribution in [0.1, 0.15) is 10.4 Å². The molecule has 0 aliphatic heterocycles. The van der Waals surface area contributed by atoms with Crippen LogP contribution in [0.2, 0.25) is 0 Å². The number of amides is 1. The molecule has 0 spiro atoms. The van der Waals surface area contributed by atoms with E-state index in [1.165, 1.54) is 11.3 Å². The Kier molecular flexibility index (Phi) is 3.79. The van der Waals surface area contributed by atoms with E-state index in [-0.39, 0.29) is 5.91 Å². The summed E-state index contributed by atoms with van der Waals surface area (Å²) in [6, 6.07) is 10.9. The van der Waals surface area contributed by atoms with Gasteiger partial charge in [-0.1, -0.05) is 23.5 Å². The first-order valence-corrected chi connectivity index (χ1v) is 7.57. The fourth-order valence-corrected chi connectivity index (χ4v) is 2.92. The first kappa shape index (κ1) is 13.3. The Morgan fingerprint density at radius 3 is 2.80 bits per heavy atom. The van der Waals surface area contributed by atoms with Crippen LogP contribution < -0.4 is 5.32 Å². The number of halogens is 1. The van der Waals surface area contributed by atoms with E-state index >= 15 is 0 Å². The summed E-state index contributed by atoms with van der Waals surface area (Å²) in [5, 5.41) is 11.7. The highest BCUT2D eigenvalue weighted by Gasteiger charge is 2.14. The second-order valence-electron chi connectivity index (χ2n) is 3.82. The van der Waals surface area contributed by atoms with E-state index in [1.807, 2.05) is 18.2 Å². The first-order chi connectivity index (χ1) is 9.74. The number of nitrogens with zero attached hydrogens (tertiary/aromatic N) is 2. The van der Waals surface area contributed by atoms with Gasteiger partial charge in [0.05, 0.1) is 11.8 Å². The van der Waals surface area contributed by atoms with Crippen LogP contribution in [-0.4, -0.2) is 16.1 Å². The number of rotatable bonds is 3. The molecule has 2 heterocycles. The quantitative estimate of drug-likeness (QED) is 0.686. The molecule has 2 aromatic heterocycles. The van der Waals surface area contributed by atoms with Crippen LogP contribution >= 0.6 is 33.9 Å². The maximum atomic E-state index is 12.1. The molecule has 5 nitrogen and oxygen atoms in total. The molecule has 0 saturated carbocycles. The lowest BCUT2D eigenvalue weighted by molar-refractivity contribution is 0.102. The molecule has 0 aliphatic carbocycles. The van der Waals surface area contributed by atoms with Crippen LogP contribution in [0.25, 0.3) is 10.8 Å². The third kappa shape index (κ3) is 2.73. The van der Waals surface area contributed by atoms with Crippen LogP contribution in [0.5, 0.6) is 0 Å². The summed E-state index contributed by atoms with van der Waals surface area (Å²) < 4.78 is 6.12. The van der Waals surface area contributed by atoms with Gasteiger partial charge in [-0.15, -0.1) is 10.2 Å². The number of carbonyl (C=O) groups is 1. The van der Waals surface area contributed by atoms with Crippen molar-refractivity contribution in [2.45, 2.75) is 0 Å². The van der Waals surface area contributed by atoms with Crippen molar-refractivity contribution >= 4 is 45.0 Å². The van der Waals surface area contributed by atoms with Crippen molar-refractivity contribution in [1.82, 2.24) is 10.2 Å². The van der Waals surface area contributed by atoms with Gasteiger partial charge in [0.25, 0.3) is 5.91 Å². The molecule has 7 heteroatoms. The first-order valence-electron chi connectivity index (χ1n) is 5.67. The highest BCUT2D eigenvalue weighted by molar-refractivity contribution is 14.1. The van der Waals surface area contributed by atoms with Gasteiger partial charge in [-0.3, -0.25) is 10.1 Å². The Balaban J connectivity index is 1.79. The molecule has 0 radical (unpaired) electrons. The molecule has 100 valence electrons. The minimum absolute atomic E-state index is 0.197. The van der Waals surface area contributed by atoms with E-state index in [0.29, 0.717) is 21.5 Å². The lowest BCUT2D eigenvalue weighted by Gasteiger charge is -2.02. The van der Waals surface area contributed by atoms with Crippen molar-refractivity contribution < 1.29 is 9.21 Å². The van der Waals surface area contributed by atoms with E-state index in [1.54, 1.807) is 24.5 Å². The number of anilines is 1. The molecule has 20 heavy (non-hydrogen) atoms. The van der Waals surface area contributed by atoms with E-state index in [9.17, 15) is 4.79 Å². The van der Waals surface area contributed by atoms with Crippen LogP contribution in [-0.2, 0) is 0 Å². The number of furan rings is 1. The molecule has 1 aromatic carbocycles. The predicted octanol–water partition coefficient (Wildman–Crippen LogP) is 3.66. The number of hydrogen-bond donors (Lipinski definition) is 1. The Morgan fingerprint density at radius 1 is 1.20 bits per heavy atom. The van der Waals surface area contributed by atoms with Gasteiger partial charge >= 0.3 is 0 Å². The number of carbonyl (C=O) groups excluding carboxylic acids is 1. The molecule has 0 bridgehead atoms. The van der Waals surface area contributed by atoms with E-state index < -0.39 is 0 Å². The van der Waals surface area contributed by atoms with Crippen molar-refractivity contribution in [1.29, 1.82) is 0 Å². The third-order valence-corrected chi connectivity index (χ3v) is 4.29. The minimum atomic E-state index is -0.197. The Hall–Kier alpha value is -1.74. The summed E-state index contributed by atoms with van der Waals surface area (Å²) in [6.07, 6.45) is 1.57. The topological polar surface area (TPSA) is 68.0 Å². The maximum absolute atomic E-state index is 12.1. The molecule has 3 aromatic rings. The fourth-order valence-electron chi connectivity index (χ4n) is 1.58. The van der Waals surface area contributed by atoms with Crippen molar-refractivity contribution in [3.05, 3.63) is 51.8 Å². The fraction of sp³-hybridized carbons (Fsp3) is 0. The monoisotopic (exact) mass is 397 g/mol. The van der Waals surface area contributed by atoms with Crippen LogP contribution in [0.4, 0.5) is 5.13 Å². The maximum Gasteiger partial charge on any atom is 0.258 e. The van der Waals surface area contributed by atoms with E-state index in [4.69, 9.17) is 4.42 Å². The summed E-state index contributed by atoms with van der Waals surface area (Å²) in [6.45, 7) is 0. The molecular weight excluding hydrogens is 389 g/mol. The highest BCUT2D eigenvalue weighted by Crippen LogP contribution is 2.26. The standard InChI is InChI=1S/C13H8IN3O2S/c14-9-5-2-1-4-8(9)11(18)15-13-17-16-12(20-13)10-6-3-7-19-10/h1-7H,(H,15,17,18). The Labute approximate surface area is 132 Å². The smallest absolute Gasteiger partial charge is 0.258 e. The van der Waals surface area contributed by atoms with Gasteiger partial charge < -0.3 is 4.42 Å². The summed E-state index contributed by atoms with van der Waals surface area (Å²) >= 11 is 3.39. The average Bonchev–Trinajstić information content (AvgIpc) is 3.09. The van der Waals surface area contributed by atoms with Crippen molar-refractivity contribution in [3.8, 4) is 10.8 Å². The summed E-state index contributed by atoms with van der Waals surface area (Å²) in [5.74, 6) is 0.439. The lowest BCUT2D eigenvalue weighted by Crippen LogP contribution is -2.13. The molecule has 0 unspecified atom stereocenters. The van der Waals surface area contributed by atoms with Crippen molar-refractivity contribution in [2.75, 3.05) is 5.32 Å². The van der Waals surface area contributed by atoms with Gasteiger partial charge in [0.1, 0.15) is 0 Å². The number of aromatic nitrogens is 2. The second-order valence-corrected chi connectivity index (χ2v) is 5.96. The van der Waals surface area contributed by atoms with Gasteiger partial charge in [0.2, 0.25) is 5.13 Å². The molecule has 0 fully saturated rings. The van der Waals surface area contributed by atoms with Gasteiger partial charge in [-0.25, -0.2) is 0 Å². The van der Waals surface area contributed by atoms with Crippen LogP contribution in [0, 0.1) is 3.57 Å². The minimum Gasteiger partial charge on any atom is -0.462 e. The van der Waals surface area contributed by atoms with E-state index in [0.717, 1.165) is 3.57 Å². The molecular formula is C13H8IN3O2S. The highest BCUT2D eigenvalue weighted by atomic mass is 127. The number of nitrogens with one attached hydrogen (secondary N) is 1. The van der Waals surface area contributed by atoms with Gasteiger partial charge in [-0.05, 0) is 46.9 Å². The number of hydrogen-bond acceptors (Lipinski definition) is 5. The normalized spacial score (nSPS) is 10.4. The summed E-state index contributed by atoms with van der Waals surface area (Å²) in [7, 11) is 0. The molecule has 0 saturated heterocycles. The third-order valence-electron chi connectivity index (χ3n) is 2.50.